The first-order chi connectivity index (χ1) is 13.4. The summed E-state index contributed by atoms with van der Waals surface area (Å²) in [6.07, 6.45) is 0.447. The molecule has 7 nitrogen and oxygen atoms in total. The van der Waals surface area contributed by atoms with Crippen LogP contribution in [0.25, 0.3) is 20.8 Å². The van der Waals surface area contributed by atoms with Crippen molar-refractivity contribution >= 4 is 38.8 Å². The third-order valence-electron chi connectivity index (χ3n) is 4.62. The molecule has 0 atom stereocenters. The topological polar surface area (TPSA) is 92.7 Å². The Morgan fingerprint density at radius 3 is 2.93 bits per heavy atom. The van der Waals surface area contributed by atoms with Crippen LogP contribution in [-0.4, -0.2) is 32.2 Å². The second kappa shape index (κ2) is 7.33. The van der Waals surface area contributed by atoms with E-state index in [-0.39, 0.29) is 11.5 Å². The second-order valence-electron chi connectivity index (χ2n) is 6.50. The molecule has 0 saturated heterocycles. The lowest BCUT2D eigenvalue weighted by Gasteiger charge is -2.05. The number of carbonyl (C=O) groups excluding carboxylic acids is 1. The summed E-state index contributed by atoms with van der Waals surface area (Å²) in [6.45, 7) is 4.29. The fourth-order valence-electron chi connectivity index (χ4n) is 3.03. The van der Waals surface area contributed by atoms with E-state index in [2.05, 4.69) is 20.4 Å². The van der Waals surface area contributed by atoms with Crippen molar-refractivity contribution in [2.24, 2.45) is 7.05 Å². The molecule has 0 radical (unpaired) electrons. The predicted octanol–water partition coefficient (Wildman–Crippen LogP) is 3.04. The van der Waals surface area contributed by atoms with Crippen molar-refractivity contribution in [2.45, 2.75) is 20.3 Å². The summed E-state index contributed by atoms with van der Waals surface area (Å²) in [5.74, 6) is 0.368. The highest BCUT2D eigenvalue weighted by Crippen LogP contribution is 2.26. The van der Waals surface area contributed by atoms with Crippen LogP contribution in [0.15, 0.2) is 28.4 Å². The van der Waals surface area contributed by atoms with E-state index in [1.165, 1.54) is 11.3 Å². The lowest BCUT2D eigenvalue weighted by molar-refractivity contribution is 0.0944. The third-order valence-corrected chi connectivity index (χ3v) is 6.62. The Morgan fingerprint density at radius 1 is 1.36 bits per heavy atom. The quantitative estimate of drug-likeness (QED) is 0.526. The molecule has 0 aromatic carbocycles. The number of aryl methyl sites for hydroxylation is 3. The lowest BCUT2D eigenvalue weighted by Crippen LogP contribution is -2.28. The second-order valence-corrected chi connectivity index (χ2v) is 8.65. The maximum atomic E-state index is 12.5. The van der Waals surface area contributed by atoms with Crippen LogP contribution >= 0.6 is 22.7 Å². The maximum Gasteiger partial charge on any atom is 0.269 e. The van der Waals surface area contributed by atoms with Gasteiger partial charge in [0.1, 0.15) is 22.0 Å². The Balaban J connectivity index is 1.45. The molecule has 0 aliphatic heterocycles. The van der Waals surface area contributed by atoms with Gasteiger partial charge < -0.3 is 10.3 Å². The largest absolute Gasteiger partial charge is 0.350 e. The number of amides is 1. The average molecular weight is 414 g/mol. The number of nitrogens with zero attached hydrogens (tertiary/aromatic N) is 3. The van der Waals surface area contributed by atoms with Crippen LogP contribution in [0.1, 0.15) is 26.8 Å². The van der Waals surface area contributed by atoms with Crippen molar-refractivity contribution in [3.63, 3.8) is 0 Å². The van der Waals surface area contributed by atoms with E-state index in [1.807, 2.05) is 31.4 Å². The zero-order valence-electron chi connectivity index (χ0n) is 15.7. The number of aromatic amines is 1. The van der Waals surface area contributed by atoms with Crippen molar-refractivity contribution in [1.82, 2.24) is 25.1 Å². The summed E-state index contributed by atoms with van der Waals surface area (Å²) in [6, 6.07) is 5.71. The molecule has 4 aromatic heterocycles. The van der Waals surface area contributed by atoms with E-state index in [1.54, 1.807) is 29.1 Å². The Kier molecular flexibility index (Phi) is 4.86. The number of hydrogen-bond acceptors (Lipinski definition) is 6. The van der Waals surface area contributed by atoms with Gasteiger partial charge in [-0.3, -0.25) is 14.3 Å². The fourth-order valence-corrected chi connectivity index (χ4v) is 4.76. The van der Waals surface area contributed by atoms with Crippen LogP contribution in [0, 0.1) is 13.8 Å². The lowest BCUT2D eigenvalue weighted by atomic mass is 10.2. The summed E-state index contributed by atoms with van der Waals surface area (Å²) in [7, 11) is 1.75. The van der Waals surface area contributed by atoms with Gasteiger partial charge >= 0.3 is 0 Å². The van der Waals surface area contributed by atoms with Crippen molar-refractivity contribution < 1.29 is 4.79 Å². The minimum atomic E-state index is -0.205. The summed E-state index contributed by atoms with van der Waals surface area (Å²) in [5, 5.41) is 9.92. The van der Waals surface area contributed by atoms with E-state index in [9.17, 15) is 9.59 Å². The Hall–Kier alpha value is -2.78. The van der Waals surface area contributed by atoms with Gasteiger partial charge in [0.05, 0.1) is 10.3 Å². The van der Waals surface area contributed by atoms with Gasteiger partial charge in [0.2, 0.25) is 0 Å². The van der Waals surface area contributed by atoms with E-state index < -0.39 is 0 Å². The molecule has 2 N–H and O–H groups in total. The van der Waals surface area contributed by atoms with E-state index >= 15 is 0 Å². The number of thiophene rings is 2. The van der Waals surface area contributed by atoms with E-state index in [0.717, 1.165) is 25.8 Å². The first kappa shape index (κ1) is 18.6. The van der Waals surface area contributed by atoms with Crippen molar-refractivity contribution in [3.8, 4) is 10.6 Å². The number of aromatic nitrogens is 4. The number of carbonyl (C=O) groups is 1. The van der Waals surface area contributed by atoms with Crippen LogP contribution < -0.4 is 10.9 Å². The Labute approximate surface area is 169 Å². The Bertz CT molecular complexity index is 1220. The van der Waals surface area contributed by atoms with Crippen LogP contribution in [0.2, 0.25) is 0 Å². The number of hydrogen-bond donors (Lipinski definition) is 2. The molecule has 144 valence electrons. The molecule has 0 spiro atoms. The van der Waals surface area contributed by atoms with E-state index in [4.69, 9.17) is 0 Å². The van der Waals surface area contributed by atoms with Gasteiger partial charge in [-0.15, -0.1) is 22.7 Å². The molecule has 0 aliphatic rings. The average Bonchev–Trinajstić information content (AvgIpc) is 3.35. The molecule has 0 fully saturated rings. The molecule has 28 heavy (non-hydrogen) atoms. The predicted molar refractivity (Wildman–Crippen MR) is 112 cm³/mol. The van der Waals surface area contributed by atoms with Gasteiger partial charge in [0, 0.05) is 24.9 Å². The molecular weight excluding hydrogens is 394 g/mol. The molecule has 0 unspecified atom stereocenters. The molecular formula is C19H19N5O2S2. The summed E-state index contributed by atoms with van der Waals surface area (Å²) >= 11 is 3.10. The number of fused-ring (bicyclic) bond motifs is 1. The summed E-state index contributed by atoms with van der Waals surface area (Å²) in [5.41, 5.74) is 2.12. The standard InChI is InChI=1S/C19H19N5O2S2/c1-10-11(2)28-19-16(10)18(26)21-15(22-19)6-7-20-17(25)13-9-12(23-24(13)3)14-5-4-8-27-14/h4-5,8-9H,6-7H2,1-3H3,(H,20,25)(H,21,22,26). The molecule has 4 heterocycles. The Morgan fingerprint density at radius 2 is 2.18 bits per heavy atom. The van der Waals surface area contributed by atoms with Gasteiger partial charge in [-0.05, 0) is 36.9 Å². The first-order valence-electron chi connectivity index (χ1n) is 8.79. The number of rotatable bonds is 5. The van der Waals surface area contributed by atoms with Crippen LogP contribution in [0.3, 0.4) is 0 Å². The third kappa shape index (κ3) is 3.38. The summed E-state index contributed by atoms with van der Waals surface area (Å²) in [4.78, 5) is 35.1. The minimum Gasteiger partial charge on any atom is -0.350 e. The van der Waals surface area contributed by atoms with E-state index in [0.29, 0.717) is 29.9 Å². The molecule has 1 amide bonds. The van der Waals surface area contributed by atoms with Gasteiger partial charge in [0.25, 0.3) is 11.5 Å². The monoisotopic (exact) mass is 413 g/mol. The molecule has 0 bridgehead atoms. The van der Waals surface area contributed by atoms with Crippen molar-refractivity contribution in [1.29, 1.82) is 0 Å². The minimum absolute atomic E-state index is 0.125. The van der Waals surface area contributed by atoms with Gasteiger partial charge in [-0.1, -0.05) is 6.07 Å². The zero-order chi connectivity index (χ0) is 19.8. The molecule has 9 heteroatoms. The van der Waals surface area contributed by atoms with Crippen molar-refractivity contribution in [2.75, 3.05) is 6.54 Å². The molecule has 0 saturated carbocycles. The smallest absolute Gasteiger partial charge is 0.269 e. The van der Waals surface area contributed by atoms with Gasteiger partial charge in [-0.25, -0.2) is 4.98 Å². The molecule has 4 rings (SSSR count). The normalized spacial score (nSPS) is 11.2. The summed E-state index contributed by atoms with van der Waals surface area (Å²) < 4.78 is 1.58. The van der Waals surface area contributed by atoms with Crippen molar-refractivity contribution in [3.05, 3.63) is 55.9 Å². The maximum absolute atomic E-state index is 12.5. The van der Waals surface area contributed by atoms with Crippen LogP contribution in [0.4, 0.5) is 0 Å². The molecule has 4 aromatic rings. The zero-order valence-corrected chi connectivity index (χ0v) is 17.3. The van der Waals surface area contributed by atoms with Crippen LogP contribution in [-0.2, 0) is 13.5 Å². The highest BCUT2D eigenvalue weighted by Gasteiger charge is 2.15. The SMILES string of the molecule is Cc1sc2nc(CCNC(=O)c3cc(-c4cccs4)nn3C)[nH]c(=O)c2c1C. The number of H-pyrrole nitrogens is 1. The fraction of sp³-hybridized carbons (Fsp3) is 0.263. The highest BCUT2D eigenvalue weighted by molar-refractivity contribution is 7.18. The molecule has 0 aliphatic carbocycles. The first-order valence-corrected chi connectivity index (χ1v) is 10.5. The van der Waals surface area contributed by atoms with Gasteiger partial charge in [0.15, 0.2) is 0 Å². The number of nitrogens with one attached hydrogen (secondary N) is 2. The van der Waals surface area contributed by atoms with Gasteiger partial charge in [-0.2, -0.15) is 5.10 Å². The highest BCUT2D eigenvalue weighted by atomic mass is 32.1. The van der Waals surface area contributed by atoms with Crippen LogP contribution in [0.5, 0.6) is 0 Å².